The van der Waals surface area contributed by atoms with E-state index in [-0.39, 0.29) is 10.9 Å². The summed E-state index contributed by atoms with van der Waals surface area (Å²) in [6, 6.07) is 14.2. The summed E-state index contributed by atoms with van der Waals surface area (Å²) in [7, 11) is 3.14. The molecule has 0 saturated heterocycles. The number of hydrogen-bond donors (Lipinski definition) is 2. The van der Waals surface area contributed by atoms with E-state index in [4.69, 9.17) is 14.0 Å². The summed E-state index contributed by atoms with van der Waals surface area (Å²) in [6.07, 6.45) is 0.522. The highest BCUT2D eigenvalue weighted by Gasteiger charge is 2.30. The van der Waals surface area contributed by atoms with Gasteiger partial charge >= 0.3 is 10.7 Å². The normalized spacial score (nSPS) is 11.7. The average Bonchev–Trinajstić information content (AvgIpc) is 3.12. The van der Waals surface area contributed by atoms with Crippen molar-refractivity contribution < 1.29 is 23.5 Å². The Labute approximate surface area is 171 Å². The number of H-pyrrole nitrogens is 1. The summed E-state index contributed by atoms with van der Waals surface area (Å²) in [5.74, 6) is 1.12. The van der Waals surface area contributed by atoms with Gasteiger partial charge in [-0.05, 0) is 52.4 Å². The molecule has 0 aliphatic heterocycles. The molecule has 2 aromatic carbocycles. The molecule has 1 amide bonds. The summed E-state index contributed by atoms with van der Waals surface area (Å²) < 4.78 is 16.8. The molecule has 0 fully saturated rings. The molecule has 1 aromatic heterocycles. The molecule has 0 spiro atoms. The van der Waals surface area contributed by atoms with Crippen LogP contribution in [-0.4, -0.2) is 30.6 Å². The predicted octanol–water partition coefficient (Wildman–Crippen LogP) is 2.77. The zero-order valence-corrected chi connectivity index (χ0v) is 17.1. The van der Waals surface area contributed by atoms with Gasteiger partial charge in [-0.15, -0.1) is 0 Å². The molecular weight excluding hydrogens is 394 g/mol. The number of anilines is 1. The van der Waals surface area contributed by atoms with E-state index in [1.54, 1.807) is 62.8 Å². The molecule has 2 N–H and O–H groups in total. The fraction of sp³-hybridized carbons (Fsp3) is 0.250. The van der Waals surface area contributed by atoms with Crippen LogP contribution >= 0.6 is 11.8 Å². The molecule has 1 unspecified atom stereocenters. The van der Waals surface area contributed by atoms with Crippen LogP contribution in [0.3, 0.4) is 0 Å². The first-order chi connectivity index (χ1) is 14.0. The number of ether oxygens (including phenoxy) is 2. The minimum Gasteiger partial charge on any atom is -0.497 e. The number of aromatic amines is 1. The summed E-state index contributed by atoms with van der Waals surface area (Å²) in [5, 5.41) is 5.23. The van der Waals surface area contributed by atoms with Crippen LogP contribution in [0.5, 0.6) is 11.5 Å². The summed E-state index contributed by atoms with van der Waals surface area (Å²) >= 11 is 1.14. The number of rotatable bonds is 8. The molecule has 0 radical (unpaired) electrons. The average molecular weight is 416 g/mol. The molecule has 0 bridgehead atoms. The number of thioether (sulfide) groups is 1. The van der Waals surface area contributed by atoms with Crippen LogP contribution in [-0.2, 0) is 4.79 Å². The van der Waals surface area contributed by atoms with Crippen molar-refractivity contribution >= 4 is 23.4 Å². The van der Waals surface area contributed by atoms with Crippen LogP contribution in [0.25, 0.3) is 5.69 Å². The van der Waals surface area contributed by atoms with Crippen molar-refractivity contribution in [3.63, 3.8) is 0 Å². The van der Waals surface area contributed by atoms with E-state index in [1.807, 2.05) is 6.92 Å². The standard InChI is InChI=1S/C20H21N3O5S/c1-4-17(18(24)21-13-6-5-7-16(12-13)27-3)29-19-20(25)28-22-23(19)14-8-10-15(26-2)11-9-14/h5-12,17H,4H2,1-3H3,(H-,21,22,24,25)/p+1. The summed E-state index contributed by atoms with van der Waals surface area (Å²) in [6.45, 7) is 1.88. The molecule has 29 heavy (non-hydrogen) atoms. The van der Waals surface area contributed by atoms with Crippen molar-refractivity contribution in [1.29, 1.82) is 0 Å². The van der Waals surface area contributed by atoms with Crippen LogP contribution in [0, 0.1) is 0 Å². The fourth-order valence-corrected chi connectivity index (χ4v) is 3.63. The molecule has 0 aliphatic carbocycles. The van der Waals surface area contributed by atoms with Gasteiger partial charge in [0.2, 0.25) is 11.6 Å². The molecular formula is C20H22N3O5S+. The number of carbonyl (C=O) groups is 1. The number of hydrogen-bond acceptors (Lipinski definition) is 6. The zero-order chi connectivity index (χ0) is 20.8. The van der Waals surface area contributed by atoms with Crippen molar-refractivity contribution in [2.45, 2.75) is 23.6 Å². The third kappa shape index (κ3) is 4.80. The number of nitrogens with zero attached hydrogens (tertiary/aromatic N) is 1. The third-order valence-electron chi connectivity index (χ3n) is 4.19. The highest BCUT2D eigenvalue weighted by atomic mass is 32.2. The second kappa shape index (κ2) is 9.33. The number of carbonyl (C=O) groups excluding carboxylic acids is 1. The maximum atomic E-state index is 12.8. The molecule has 0 saturated carbocycles. The molecule has 9 heteroatoms. The Morgan fingerprint density at radius 3 is 2.55 bits per heavy atom. The van der Waals surface area contributed by atoms with Crippen LogP contribution in [0.2, 0.25) is 0 Å². The van der Waals surface area contributed by atoms with Crippen molar-refractivity contribution in [2.75, 3.05) is 19.5 Å². The van der Waals surface area contributed by atoms with Gasteiger partial charge in [0.15, 0.2) is 0 Å². The van der Waals surface area contributed by atoms with Gasteiger partial charge in [-0.25, -0.2) is 4.79 Å². The van der Waals surface area contributed by atoms with E-state index >= 15 is 0 Å². The van der Waals surface area contributed by atoms with Crippen LogP contribution < -0.4 is 25.1 Å². The molecule has 152 valence electrons. The van der Waals surface area contributed by atoms with Gasteiger partial charge in [0.1, 0.15) is 11.5 Å². The first-order valence-electron chi connectivity index (χ1n) is 8.95. The highest BCUT2D eigenvalue weighted by molar-refractivity contribution is 8.00. The van der Waals surface area contributed by atoms with Crippen molar-refractivity contribution in [3.05, 3.63) is 59.0 Å². The van der Waals surface area contributed by atoms with Gasteiger partial charge in [-0.3, -0.25) is 9.32 Å². The lowest BCUT2D eigenvalue weighted by Crippen LogP contribution is -2.37. The summed E-state index contributed by atoms with van der Waals surface area (Å²) in [4.78, 5) is 25.0. The van der Waals surface area contributed by atoms with Gasteiger partial charge in [0.05, 0.1) is 19.5 Å². The van der Waals surface area contributed by atoms with Gasteiger partial charge in [-0.2, -0.15) is 0 Å². The molecule has 1 atom stereocenters. The van der Waals surface area contributed by atoms with Crippen LogP contribution in [0.1, 0.15) is 13.3 Å². The van der Waals surface area contributed by atoms with E-state index < -0.39 is 10.9 Å². The molecule has 3 aromatic rings. The minimum atomic E-state index is -0.543. The van der Waals surface area contributed by atoms with E-state index in [2.05, 4.69) is 10.6 Å². The minimum absolute atomic E-state index is 0.215. The van der Waals surface area contributed by atoms with Crippen LogP contribution in [0.4, 0.5) is 5.69 Å². The van der Waals surface area contributed by atoms with Crippen LogP contribution in [0.15, 0.2) is 62.9 Å². The maximum absolute atomic E-state index is 12.8. The Kier molecular flexibility index (Phi) is 6.61. The van der Waals surface area contributed by atoms with E-state index in [1.165, 1.54) is 4.68 Å². The van der Waals surface area contributed by atoms with Gasteiger partial charge in [-0.1, -0.05) is 13.0 Å². The Hall–Kier alpha value is -3.20. The quantitative estimate of drug-likeness (QED) is 0.433. The number of methoxy groups -OCH3 is 2. The largest absolute Gasteiger partial charge is 0.497 e. The fourth-order valence-electron chi connectivity index (χ4n) is 2.65. The lowest BCUT2D eigenvalue weighted by atomic mass is 10.2. The Morgan fingerprint density at radius 1 is 1.17 bits per heavy atom. The van der Waals surface area contributed by atoms with E-state index in [9.17, 15) is 9.59 Å². The molecule has 3 rings (SSSR count). The lowest BCUT2D eigenvalue weighted by molar-refractivity contribution is -0.704. The molecule has 1 heterocycles. The Bertz CT molecular complexity index is 1030. The van der Waals surface area contributed by atoms with Gasteiger partial charge < -0.3 is 14.8 Å². The Morgan fingerprint density at radius 2 is 1.90 bits per heavy atom. The lowest BCUT2D eigenvalue weighted by Gasteiger charge is -2.12. The number of benzene rings is 2. The first-order valence-corrected chi connectivity index (χ1v) is 9.83. The number of amides is 1. The highest BCUT2D eigenvalue weighted by Crippen LogP contribution is 2.24. The van der Waals surface area contributed by atoms with Crippen molar-refractivity contribution in [1.82, 2.24) is 5.27 Å². The van der Waals surface area contributed by atoms with E-state index in [0.717, 1.165) is 11.8 Å². The monoisotopic (exact) mass is 416 g/mol. The SMILES string of the molecule is CCC(Sc1c(=O)o[nH][n+]1-c1ccc(OC)cc1)C(=O)Nc1cccc(OC)c1. The summed E-state index contributed by atoms with van der Waals surface area (Å²) in [5.41, 5.74) is 0.762. The topological polar surface area (TPSA) is 97.4 Å². The maximum Gasteiger partial charge on any atom is 0.442 e. The predicted molar refractivity (Wildman–Crippen MR) is 109 cm³/mol. The molecule has 8 nitrogen and oxygen atoms in total. The second-order valence-electron chi connectivity index (χ2n) is 6.06. The number of nitrogens with one attached hydrogen (secondary N) is 2. The van der Waals surface area contributed by atoms with Crippen molar-refractivity contribution in [3.8, 4) is 17.2 Å². The molecule has 0 aliphatic rings. The smallest absolute Gasteiger partial charge is 0.442 e. The first kappa shape index (κ1) is 20.5. The number of aromatic nitrogens is 2. The second-order valence-corrected chi connectivity index (χ2v) is 7.25. The Balaban J connectivity index is 1.80. The van der Waals surface area contributed by atoms with Gasteiger partial charge in [0, 0.05) is 23.9 Å². The van der Waals surface area contributed by atoms with Gasteiger partial charge in [0.25, 0.3) is 0 Å². The van der Waals surface area contributed by atoms with Crippen molar-refractivity contribution in [2.24, 2.45) is 0 Å². The zero-order valence-electron chi connectivity index (χ0n) is 16.3. The third-order valence-corrected chi connectivity index (χ3v) is 5.60. The van der Waals surface area contributed by atoms with E-state index in [0.29, 0.717) is 29.3 Å².